The first-order valence-electron chi connectivity index (χ1n) is 12.2. The number of rotatable bonds is 3. The van der Waals surface area contributed by atoms with Crippen LogP contribution in [0.2, 0.25) is 15.1 Å². The van der Waals surface area contributed by atoms with Crippen molar-refractivity contribution >= 4 is 111 Å². The van der Waals surface area contributed by atoms with E-state index in [4.69, 9.17) is 34.8 Å². The molecule has 6 aromatic carbocycles. The Hall–Kier alpha value is -3.75. The third-order valence-electron chi connectivity index (χ3n) is 6.19. The summed E-state index contributed by atoms with van der Waals surface area (Å²) in [5.74, 6) is -3.52. The number of hydrogen-bond donors (Lipinski definition) is 0. The minimum Gasteiger partial charge on any atom is -0.545 e. The molecule has 0 aromatic heterocycles. The standard InChI is InChI=1S/3C11H7ClO2.In/c3*12-10-3-1-2-7-6-8(11(13)14)4-5-9(7)10;/h3*1-6H,(H,13,14);/q;;;+3/p-3. The monoisotopic (exact) mass is 730 g/mol. The Labute approximate surface area is 279 Å². The van der Waals surface area contributed by atoms with Crippen LogP contribution >= 0.6 is 34.8 Å². The van der Waals surface area contributed by atoms with Crippen molar-refractivity contribution in [3.8, 4) is 0 Å². The molecular weight excluding hydrogens is 714 g/mol. The average molecular weight is 732 g/mol. The van der Waals surface area contributed by atoms with Crippen LogP contribution in [0.3, 0.4) is 0 Å². The van der Waals surface area contributed by atoms with Crippen LogP contribution in [0.15, 0.2) is 109 Å². The Balaban J connectivity index is 0.000000175. The number of carbonyl (C=O) groups is 3. The van der Waals surface area contributed by atoms with Gasteiger partial charge < -0.3 is 29.7 Å². The maximum absolute atomic E-state index is 10.6. The van der Waals surface area contributed by atoms with E-state index in [9.17, 15) is 29.7 Å². The summed E-state index contributed by atoms with van der Waals surface area (Å²) < 4.78 is 0. The van der Waals surface area contributed by atoms with Crippen molar-refractivity contribution in [3.05, 3.63) is 141 Å². The molecule has 0 saturated heterocycles. The topological polar surface area (TPSA) is 120 Å². The summed E-state index contributed by atoms with van der Waals surface area (Å²) in [6.07, 6.45) is 0. The van der Waals surface area contributed by atoms with Crippen molar-refractivity contribution in [3.63, 3.8) is 0 Å². The number of hydrogen-bond acceptors (Lipinski definition) is 6. The molecule has 0 radical (unpaired) electrons. The van der Waals surface area contributed by atoms with E-state index in [0.29, 0.717) is 15.1 Å². The molecule has 0 atom stereocenters. The number of fused-ring (bicyclic) bond motifs is 3. The van der Waals surface area contributed by atoms with E-state index in [2.05, 4.69) is 0 Å². The molecule has 0 saturated carbocycles. The van der Waals surface area contributed by atoms with Crippen LogP contribution in [0.4, 0.5) is 0 Å². The van der Waals surface area contributed by atoms with Crippen molar-refractivity contribution in [2.75, 3.05) is 0 Å². The number of benzene rings is 6. The van der Waals surface area contributed by atoms with Crippen molar-refractivity contribution < 1.29 is 29.7 Å². The molecule has 0 heterocycles. The van der Waals surface area contributed by atoms with Gasteiger partial charge in [0.25, 0.3) is 0 Å². The second-order valence-electron chi connectivity index (χ2n) is 8.89. The molecule has 0 bridgehead atoms. The maximum Gasteiger partial charge on any atom is 3.00 e. The Kier molecular flexibility index (Phi) is 11.9. The van der Waals surface area contributed by atoms with Crippen molar-refractivity contribution in [1.82, 2.24) is 0 Å². The maximum atomic E-state index is 10.6. The van der Waals surface area contributed by atoms with Crippen LogP contribution in [0.5, 0.6) is 0 Å². The zero-order valence-corrected chi connectivity index (χ0v) is 27.6. The van der Waals surface area contributed by atoms with Crippen LogP contribution in [0.25, 0.3) is 32.3 Å². The predicted molar refractivity (Wildman–Crippen MR) is 166 cm³/mol. The summed E-state index contributed by atoms with van der Waals surface area (Å²) in [6, 6.07) is 30.3. The first-order chi connectivity index (χ1) is 20.0. The zero-order chi connectivity index (χ0) is 30.4. The molecule has 0 fully saturated rings. The van der Waals surface area contributed by atoms with Gasteiger partial charge in [-0.1, -0.05) is 108 Å². The van der Waals surface area contributed by atoms with E-state index in [-0.39, 0.29) is 42.5 Å². The van der Waals surface area contributed by atoms with E-state index in [1.54, 1.807) is 72.8 Å². The Morgan fingerprint density at radius 2 is 0.674 bits per heavy atom. The van der Waals surface area contributed by atoms with Crippen LogP contribution in [0.1, 0.15) is 31.1 Å². The van der Waals surface area contributed by atoms with Gasteiger partial charge in [-0.05, 0) is 69.2 Å². The first-order valence-corrected chi connectivity index (χ1v) is 13.4. The first kappa shape index (κ1) is 33.7. The molecule has 0 amide bonds. The van der Waals surface area contributed by atoms with E-state index >= 15 is 0 Å². The number of aromatic carboxylic acids is 3. The van der Waals surface area contributed by atoms with E-state index in [0.717, 1.165) is 32.3 Å². The van der Waals surface area contributed by atoms with Gasteiger partial charge in [0, 0.05) is 31.2 Å². The van der Waals surface area contributed by atoms with Gasteiger partial charge in [0.1, 0.15) is 0 Å². The third kappa shape index (κ3) is 8.42. The second kappa shape index (κ2) is 15.1. The number of carboxylic acid groups (broad SMARTS) is 3. The van der Waals surface area contributed by atoms with Crippen molar-refractivity contribution in [1.29, 1.82) is 0 Å². The van der Waals surface area contributed by atoms with Gasteiger partial charge in [0.05, 0.1) is 17.9 Å². The predicted octanol–water partition coefficient (Wildman–Crippen LogP) is 5.19. The van der Waals surface area contributed by atoms with Gasteiger partial charge in [-0.25, -0.2) is 0 Å². The molecular formula is C33H18Cl3InO6. The molecule has 0 unspecified atom stereocenters. The van der Waals surface area contributed by atoms with Gasteiger partial charge in [-0.2, -0.15) is 0 Å². The Morgan fingerprint density at radius 1 is 0.419 bits per heavy atom. The van der Waals surface area contributed by atoms with Crippen LogP contribution in [-0.2, 0) is 0 Å². The summed E-state index contributed by atoms with van der Waals surface area (Å²) >= 11 is 17.8. The number of carboxylic acids is 3. The average Bonchev–Trinajstić information content (AvgIpc) is 2.97. The largest absolute Gasteiger partial charge is 3.00 e. The molecule has 0 spiro atoms. The van der Waals surface area contributed by atoms with Crippen molar-refractivity contribution in [2.24, 2.45) is 0 Å². The fraction of sp³-hybridized carbons (Fsp3) is 0. The summed E-state index contributed by atoms with van der Waals surface area (Å²) in [6.45, 7) is 0. The number of halogens is 3. The third-order valence-corrected chi connectivity index (χ3v) is 7.18. The molecule has 43 heavy (non-hydrogen) atoms. The Morgan fingerprint density at radius 3 is 0.907 bits per heavy atom. The summed E-state index contributed by atoms with van der Waals surface area (Å²) in [5.41, 5.74) is 0.499. The van der Waals surface area contributed by atoms with E-state index in [1.165, 1.54) is 18.2 Å². The fourth-order valence-electron chi connectivity index (χ4n) is 4.11. The molecule has 0 aliphatic heterocycles. The quantitative estimate of drug-likeness (QED) is 0.247. The molecule has 6 nitrogen and oxygen atoms in total. The van der Waals surface area contributed by atoms with Gasteiger partial charge in [-0.15, -0.1) is 0 Å². The molecule has 210 valence electrons. The Bertz CT molecular complexity index is 1750. The van der Waals surface area contributed by atoms with Gasteiger partial charge in [0.15, 0.2) is 0 Å². The van der Waals surface area contributed by atoms with Gasteiger partial charge >= 0.3 is 25.8 Å². The fourth-order valence-corrected chi connectivity index (χ4v) is 4.85. The van der Waals surface area contributed by atoms with Gasteiger partial charge in [-0.3, -0.25) is 0 Å². The normalized spacial score (nSPS) is 10.1. The second-order valence-corrected chi connectivity index (χ2v) is 10.1. The molecule has 0 aliphatic carbocycles. The summed E-state index contributed by atoms with van der Waals surface area (Å²) in [7, 11) is 0. The van der Waals surface area contributed by atoms with Gasteiger partial charge in [0.2, 0.25) is 0 Å². The van der Waals surface area contributed by atoms with Crippen molar-refractivity contribution in [2.45, 2.75) is 0 Å². The smallest absolute Gasteiger partial charge is 0.545 e. The molecule has 6 aromatic rings. The SMILES string of the molecule is O=C([O-])c1ccc2c(Cl)cccc2c1.O=C([O-])c1ccc2c(Cl)cccc2c1.O=C([O-])c1ccc2c(Cl)cccc2c1.[In+3]. The molecule has 6 rings (SSSR count). The van der Waals surface area contributed by atoms with Crippen LogP contribution in [-0.4, -0.2) is 43.8 Å². The van der Waals surface area contributed by atoms with Crippen LogP contribution in [0, 0.1) is 0 Å². The minimum atomic E-state index is -1.17. The molecule has 0 aliphatic rings. The van der Waals surface area contributed by atoms with E-state index < -0.39 is 17.9 Å². The summed E-state index contributed by atoms with van der Waals surface area (Å²) in [5, 5.41) is 38.6. The molecule has 10 heteroatoms. The zero-order valence-electron chi connectivity index (χ0n) is 22.1. The minimum absolute atomic E-state index is 0. The van der Waals surface area contributed by atoms with Crippen LogP contribution < -0.4 is 15.3 Å². The summed E-state index contributed by atoms with van der Waals surface area (Å²) in [4.78, 5) is 31.8. The molecule has 0 N–H and O–H groups in total. The van der Waals surface area contributed by atoms with E-state index in [1.807, 2.05) is 18.2 Å². The number of carbonyl (C=O) groups excluding carboxylic acids is 3.